The lowest BCUT2D eigenvalue weighted by Gasteiger charge is -2.18. The normalized spacial score (nSPS) is 11.2. The number of halogens is 2. The van der Waals surface area contributed by atoms with Gasteiger partial charge in [0.1, 0.15) is 17.3 Å². The van der Waals surface area contributed by atoms with Crippen molar-refractivity contribution in [2.45, 2.75) is 5.92 Å². The molecule has 0 unspecified atom stereocenters. The highest BCUT2D eigenvalue weighted by Crippen LogP contribution is 2.34. The van der Waals surface area contributed by atoms with Crippen molar-refractivity contribution in [2.75, 3.05) is 0 Å². The molecule has 4 rings (SSSR count). The average Bonchev–Trinajstić information content (AvgIpc) is 2.67. The summed E-state index contributed by atoms with van der Waals surface area (Å²) in [5.41, 5.74) is 1.49. The van der Waals surface area contributed by atoms with Crippen LogP contribution in [0.3, 0.4) is 0 Å². The fraction of sp³-hybridized carbons (Fsp3) is 0.0476. The summed E-state index contributed by atoms with van der Waals surface area (Å²) in [6.45, 7) is 0. The molecule has 1 aromatic heterocycles. The minimum absolute atomic E-state index is 0.357. The molecule has 1 heterocycles. The molecule has 0 atom stereocenters. The summed E-state index contributed by atoms with van der Waals surface area (Å²) in [7, 11) is 0. The minimum Gasteiger partial charge on any atom is -0.312 e. The van der Waals surface area contributed by atoms with Crippen molar-refractivity contribution in [3.8, 4) is 0 Å². The molecule has 0 bridgehead atoms. The summed E-state index contributed by atoms with van der Waals surface area (Å²) in [5, 5.41) is 5.08. The molecule has 4 aromatic rings. The van der Waals surface area contributed by atoms with Gasteiger partial charge in [-0.25, -0.2) is 13.6 Å². The van der Waals surface area contributed by atoms with Crippen LogP contribution in [0.15, 0.2) is 82.1 Å². The van der Waals surface area contributed by atoms with E-state index < -0.39 is 11.5 Å². The SMILES string of the molecule is O=c1onc(C(c2ccc(F)cc2)c2ccc(F)cc2)c2ccccc12. The maximum Gasteiger partial charge on any atom is 0.366 e. The first-order chi connectivity index (χ1) is 12.6. The van der Waals surface area contributed by atoms with E-state index in [1.165, 1.54) is 24.3 Å². The van der Waals surface area contributed by atoms with E-state index in [1.54, 1.807) is 48.5 Å². The number of aromatic nitrogens is 1. The predicted octanol–water partition coefficient (Wildman–Crippen LogP) is 4.65. The van der Waals surface area contributed by atoms with Gasteiger partial charge in [0, 0.05) is 5.39 Å². The molecule has 3 aromatic carbocycles. The van der Waals surface area contributed by atoms with Gasteiger partial charge in [0.05, 0.1) is 11.3 Å². The fourth-order valence-corrected chi connectivity index (χ4v) is 3.10. The third-order valence-corrected chi connectivity index (χ3v) is 4.33. The summed E-state index contributed by atoms with van der Waals surface area (Å²) < 4.78 is 31.8. The predicted molar refractivity (Wildman–Crippen MR) is 94.0 cm³/mol. The quantitative estimate of drug-likeness (QED) is 0.541. The van der Waals surface area contributed by atoms with Gasteiger partial charge in [-0.15, -0.1) is 0 Å². The van der Waals surface area contributed by atoms with E-state index in [4.69, 9.17) is 4.52 Å². The van der Waals surface area contributed by atoms with E-state index in [2.05, 4.69) is 5.16 Å². The van der Waals surface area contributed by atoms with Gasteiger partial charge >= 0.3 is 5.63 Å². The average molecular weight is 349 g/mol. The highest BCUT2D eigenvalue weighted by Gasteiger charge is 2.22. The van der Waals surface area contributed by atoms with Crippen molar-refractivity contribution < 1.29 is 13.3 Å². The zero-order chi connectivity index (χ0) is 18.1. The molecule has 0 radical (unpaired) electrons. The first-order valence-electron chi connectivity index (χ1n) is 8.03. The van der Waals surface area contributed by atoms with Crippen molar-refractivity contribution in [1.82, 2.24) is 5.16 Å². The van der Waals surface area contributed by atoms with Crippen LogP contribution in [0, 0.1) is 11.6 Å². The summed E-state index contributed by atoms with van der Waals surface area (Å²) in [5.74, 6) is -1.15. The molecule has 0 saturated carbocycles. The Morgan fingerprint density at radius 3 is 1.77 bits per heavy atom. The van der Waals surface area contributed by atoms with E-state index in [9.17, 15) is 13.6 Å². The Morgan fingerprint density at radius 1 is 0.731 bits per heavy atom. The van der Waals surface area contributed by atoms with Gasteiger partial charge in [-0.1, -0.05) is 47.6 Å². The summed E-state index contributed by atoms with van der Waals surface area (Å²) in [6.07, 6.45) is 0. The Hall–Kier alpha value is -3.34. The lowest BCUT2D eigenvalue weighted by molar-refractivity contribution is 0.366. The molecular weight excluding hydrogens is 336 g/mol. The molecule has 0 spiro atoms. The van der Waals surface area contributed by atoms with E-state index >= 15 is 0 Å². The van der Waals surface area contributed by atoms with Crippen molar-refractivity contribution in [3.63, 3.8) is 0 Å². The van der Waals surface area contributed by atoms with Crippen LogP contribution in [0.25, 0.3) is 10.8 Å². The van der Waals surface area contributed by atoms with E-state index in [0.717, 1.165) is 11.1 Å². The van der Waals surface area contributed by atoms with Gasteiger partial charge in [-0.05, 0) is 41.5 Å². The largest absolute Gasteiger partial charge is 0.366 e. The second-order valence-corrected chi connectivity index (χ2v) is 5.94. The molecule has 26 heavy (non-hydrogen) atoms. The topological polar surface area (TPSA) is 43.1 Å². The Kier molecular flexibility index (Phi) is 4.05. The number of benzene rings is 3. The fourth-order valence-electron chi connectivity index (χ4n) is 3.10. The van der Waals surface area contributed by atoms with Crippen LogP contribution in [0.4, 0.5) is 8.78 Å². The van der Waals surface area contributed by atoms with Crippen LogP contribution >= 0.6 is 0 Å². The summed E-state index contributed by atoms with van der Waals surface area (Å²) >= 11 is 0. The van der Waals surface area contributed by atoms with Crippen LogP contribution in [-0.4, -0.2) is 5.16 Å². The zero-order valence-corrected chi connectivity index (χ0v) is 13.5. The van der Waals surface area contributed by atoms with Crippen molar-refractivity contribution in [2.24, 2.45) is 0 Å². The van der Waals surface area contributed by atoms with Crippen LogP contribution < -0.4 is 5.63 Å². The van der Waals surface area contributed by atoms with Gasteiger partial charge in [0.2, 0.25) is 0 Å². The number of fused-ring (bicyclic) bond motifs is 1. The molecule has 0 fully saturated rings. The number of rotatable bonds is 3. The highest BCUT2D eigenvalue weighted by molar-refractivity contribution is 5.84. The Bertz CT molecular complexity index is 1070. The van der Waals surface area contributed by atoms with Crippen LogP contribution in [0.2, 0.25) is 0 Å². The molecule has 0 saturated heterocycles. The van der Waals surface area contributed by atoms with Crippen molar-refractivity contribution in [3.05, 3.63) is 112 Å². The zero-order valence-electron chi connectivity index (χ0n) is 13.5. The maximum atomic E-state index is 13.4. The first kappa shape index (κ1) is 16.1. The molecule has 0 amide bonds. The highest BCUT2D eigenvalue weighted by atomic mass is 19.1. The monoisotopic (exact) mass is 349 g/mol. The third kappa shape index (κ3) is 2.88. The molecule has 0 aliphatic rings. The van der Waals surface area contributed by atoms with Crippen LogP contribution in [0.1, 0.15) is 22.7 Å². The van der Waals surface area contributed by atoms with Crippen LogP contribution in [0.5, 0.6) is 0 Å². The second-order valence-electron chi connectivity index (χ2n) is 5.94. The number of nitrogens with zero attached hydrogens (tertiary/aromatic N) is 1. The second kappa shape index (κ2) is 6.52. The van der Waals surface area contributed by atoms with Gasteiger partial charge in [-0.2, -0.15) is 0 Å². The third-order valence-electron chi connectivity index (χ3n) is 4.33. The minimum atomic E-state index is -0.527. The Labute approximate surface area is 147 Å². The molecular formula is C21H13F2NO2. The first-order valence-corrected chi connectivity index (χ1v) is 8.03. The maximum absolute atomic E-state index is 13.4. The number of hydrogen-bond acceptors (Lipinski definition) is 3. The molecule has 0 N–H and O–H groups in total. The Balaban J connectivity index is 2.00. The van der Waals surface area contributed by atoms with Gasteiger partial charge in [0.25, 0.3) is 0 Å². The van der Waals surface area contributed by atoms with E-state index in [-0.39, 0.29) is 11.6 Å². The van der Waals surface area contributed by atoms with Gasteiger partial charge in [-0.3, -0.25) is 0 Å². The summed E-state index contributed by atoms with van der Waals surface area (Å²) in [6, 6.07) is 19.0. The molecule has 5 heteroatoms. The van der Waals surface area contributed by atoms with E-state index in [0.29, 0.717) is 16.5 Å². The lowest BCUT2D eigenvalue weighted by atomic mass is 9.86. The van der Waals surface area contributed by atoms with Gasteiger partial charge < -0.3 is 4.52 Å². The molecule has 128 valence electrons. The van der Waals surface area contributed by atoms with Crippen molar-refractivity contribution >= 4 is 10.8 Å². The number of hydrogen-bond donors (Lipinski definition) is 0. The van der Waals surface area contributed by atoms with Gasteiger partial charge in [0.15, 0.2) is 0 Å². The lowest BCUT2D eigenvalue weighted by Crippen LogP contribution is -2.11. The van der Waals surface area contributed by atoms with Crippen LogP contribution in [-0.2, 0) is 0 Å². The molecule has 0 aliphatic carbocycles. The smallest absolute Gasteiger partial charge is 0.312 e. The van der Waals surface area contributed by atoms with E-state index in [1.807, 2.05) is 0 Å². The standard InChI is InChI=1S/C21H13F2NO2/c22-15-9-5-13(6-10-15)19(14-7-11-16(23)12-8-14)20-17-3-1-2-4-18(17)21(25)26-24-20/h1-12,19H. The Morgan fingerprint density at radius 2 is 1.23 bits per heavy atom. The van der Waals surface area contributed by atoms with Crippen molar-refractivity contribution in [1.29, 1.82) is 0 Å². The molecule has 0 aliphatic heterocycles. The molecule has 3 nitrogen and oxygen atoms in total. The summed E-state index contributed by atoms with van der Waals surface area (Å²) in [4.78, 5) is 12.0.